The van der Waals surface area contributed by atoms with Gasteiger partial charge in [0.2, 0.25) is 0 Å². The topological polar surface area (TPSA) is 3.24 Å². The molecule has 1 aromatic rings. The lowest BCUT2D eigenvalue weighted by Gasteiger charge is -2.11. The molecule has 0 bridgehead atoms. The molecule has 15 heavy (non-hydrogen) atoms. The summed E-state index contributed by atoms with van der Waals surface area (Å²) in [4.78, 5) is 2.00. The summed E-state index contributed by atoms with van der Waals surface area (Å²) in [5.41, 5.74) is 1.93. The van der Waals surface area contributed by atoms with Gasteiger partial charge in [-0.3, -0.25) is 0 Å². The highest BCUT2D eigenvalue weighted by molar-refractivity contribution is 6.28. The van der Waals surface area contributed by atoms with Crippen LogP contribution >= 0.6 is 11.6 Å². The molecule has 3 heteroatoms. The number of anilines is 1. The fraction of sp³-hybridized carbons (Fsp3) is 0.167. The molecular weight excluding hydrogens is 213 g/mol. The van der Waals surface area contributed by atoms with E-state index in [2.05, 4.69) is 11.8 Å². The van der Waals surface area contributed by atoms with Gasteiger partial charge in [-0.1, -0.05) is 23.4 Å². The summed E-state index contributed by atoms with van der Waals surface area (Å²) in [7, 11) is 3.93. The maximum absolute atomic E-state index is 12.1. The molecule has 78 valence electrons. The summed E-state index contributed by atoms with van der Waals surface area (Å²) in [5, 5.41) is -0.799. The van der Waals surface area contributed by atoms with Crippen LogP contribution in [0.4, 0.5) is 10.1 Å². The van der Waals surface area contributed by atoms with E-state index in [1.807, 2.05) is 43.3 Å². The van der Waals surface area contributed by atoms with Crippen LogP contribution in [0.5, 0.6) is 0 Å². The second-order valence-electron chi connectivity index (χ2n) is 3.14. The largest absolute Gasteiger partial charge is 0.378 e. The van der Waals surface area contributed by atoms with Gasteiger partial charge < -0.3 is 4.90 Å². The Bertz CT molecular complexity index is 405. The third kappa shape index (κ3) is 4.05. The number of hydrogen-bond acceptors (Lipinski definition) is 1. The van der Waals surface area contributed by atoms with Gasteiger partial charge in [0.25, 0.3) is 0 Å². The van der Waals surface area contributed by atoms with Gasteiger partial charge in [-0.25, -0.2) is 0 Å². The summed E-state index contributed by atoms with van der Waals surface area (Å²) in [6.45, 7) is 0. The first-order valence-corrected chi connectivity index (χ1v) is 4.77. The van der Waals surface area contributed by atoms with Crippen LogP contribution in [0.15, 0.2) is 35.6 Å². The molecule has 0 aliphatic carbocycles. The van der Waals surface area contributed by atoms with Crippen molar-refractivity contribution in [2.75, 3.05) is 19.0 Å². The van der Waals surface area contributed by atoms with Crippen molar-refractivity contribution in [1.29, 1.82) is 0 Å². The number of halogens is 2. The van der Waals surface area contributed by atoms with Crippen molar-refractivity contribution in [3.05, 3.63) is 41.2 Å². The molecule has 0 radical (unpaired) electrons. The summed E-state index contributed by atoms with van der Waals surface area (Å²) < 4.78 is 12.1. The van der Waals surface area contributed by atoms with Gasteiger partial charge in [-0.05, 0) is 24.3 Å². The molecule has 0 N–H and O–H groups in total. The Balaban J connectivity index is 2.80. The number of hydrogen-bond donors (Lipinski definition) is 0. The first-order valence-electron chi connectivity index (χ1n) is 4.39. The van der Waals surface area contributed by atoms with Crippen LogP contribution in [-0.2, 0) is 0 Å². The molecule has 0 amide bonds. The number of benzene rings is 1. The third-order valence-electron chi connectivity index (χ3n) is 1.78. The first kappa shape index (κ1) is 11.6. The molecule has 0 saturated heterocycles. The number of nitrogens with zero attached hydrogens (tertiary/aromatic N) is 1. The lowest BCUT2D eigenvalue weighted by atomic mass is 10.2. The molecule has 0 unspecified atom stereocenters. The van der Waals surface area contributed by atoms with Gasteiger partial charge in [0.15, 0.2) is 5.29 Å². The molecule has 0 atom stereocenters. The van der Waals surface area contributed by atoms with Gasteiger partial charge in [-0.2, -0.15) is 4.39 Å². The SMILES string of the molecule is CN(C)c1ccc(C#C/C=C(\F)Cl)cc1. The molecular formula is C12H11ClFN. The zero-order valence-electron chi connectivity index (χ0n) is 8.59. The summed E-state index contributed by atoms with van der Waals surface area (Å²) >= 11 is 5.00. The van der Waals surface area contributed by atoms with Crippen LogP contribution in [0.25, 0.3) is 0 Å². The molecule has 0 aromatic heterocycles. The fourth-order valence-corrected chi connectivity index (χ4v) is 1.07. The van der Waals surface area contributed by atoms with E-state index < -0.39 is 5.29 Å². The third-order valence-corrected chi connectivity index (χ3v) is 1.89. The van der Waals surface area contributed by atoms with Gasteiger partial charge in [0, 0.05) is 31.4 Å². The van der Waals surface area contributed by atoms with E-state index in [0.717, 1.165) is 17.3 Å². The summed E-state index contributed by atoms with van der Waals surface area (Å²) in [6.07, 6.45) is 1.03. The Morgan fingerprint density at radius 2 is 1.93 bits per heavy atom. The highest BCUT2D eigenvalue weighted by atomic mass is 35.5. The highest BCUT2D eigenvalue weighted by Crippen LogP contribution is 2.11. The van der Waals surface area contributed by atoms with Gasteiger partial charge in [-0.15, -0.1) is 0 Å². The first-order chi connectivity index (χ1) is 7.09. The molecule has 0 heterocycles. The second kappa shape index (κ2) is 5.43. The maximum atomic E-state index is 12.1. The minimum atomic E-state index is -0.799. The predicted octanol–water partition coefficient (Wildman–Crippen LogP) is 3.15. The number of allylic oxidation sites excluding steroid dienone is 1. The minimum Gasteiger partial charge on any atom is -0.378 e. The Labute approximate surface area is 94.2 Å². The van der Waals surface area contributed by atoms with Crippen LogP contribution in [0.3, 0.4) is 0 Å². The van der Waals surface area contributed by atoms with E-state index in [0.29, 0.717) is 0 Å². The van der Waals surface area contributed by atoms with Gasteiger partial charge in [0.05, 0.1) is 0 Å². The Hall–Kier alpha value is -1.46. The molecule has 0 aliphatic rings. The van der Waals surface area contributed by atoms with Crippen molar-refractivity contribution in [2.45, 2.75) is 0 Å². The van der Waals surface area contributed by atoms with Crippen molar-refractivity contribution < 1.29 is 4.39 Å². The van der Waals surface area contributed by atoms with Crippen LogP contribution in [0.2, 0.25) is 0 Å². The van der Waals surface area contributed by atoms with E-state index in [4.69, 9.17) is 11.6 Å². The monoisotopic (exact) mass is 223 g/mol. The molecule has 0 spiro atoms. The predicted molar refractivity (Wildman–Crippen MR) is 62.7 cm³/mol. The lowest BCUT2D eigenvalue weighted by Crippen LogP contribution is -2.07. The average molecular weight is 224 g/mol. The Morgan fingerprint density at radius 3 is 2.40 bits per heavy atom. The van der Waals surface area contributed by atoms with Crippen LogP contribution in [-0.4, -0.2) is 14.1 Å². The van der Waals surface area contributed by atoms with Crippen molar-refractivity contribution in [1.82, 2.24) is 0 Å². The zero-order chi connectivity index (χ0) is 11.3. The van der Waals surface area contributed by atoms with Crippen LogP contribution in [0, 0.1) is 11.8 Å². The van der Waals surface area contributed by atoms with Crippen molar-refractivity contribution >= 4 is 17.3 Å². The van der Waals surface area contributed by atoms with E-state index in [-0.39, 0.29) is 0 Å². The van der Waals surface area contributed by atoms with Crippen molar-refractivity contribution in [3.8, 4) is 11.8 Å². The standard InChI is InChI=1S/C12H11ClFN/c1-15(2)11-8-6-10(7-9-11)4-3-5-12(13)14/h5-9H,1-2H3/b12-5-. The molecule has 0 fully saturated rings. The smallest absolute Gasteiger partial charge is 0.197 e. The summed E-state index contributed by atoms with van der Waals surface area (Å²) in [5.74, 6) is 5.29. The van der Waals surface area contributed by atoms with E-state index in [1.165, 1.54) is 0 Å². The molecule has 0 aliphatic heterocycles. The Morgan fingerprint density at radius 1 is 1.33 bits per heavy atom. The Kier molecular flexibility index (Phi) is 4.20. The molecule has 0 saturated carbocycles. The maximum Gasteiger partial charge on any atom is 0.197 e. The lowest BCUT2D eigenvalue weighted by molar-refractivity contribution is 0.696. The molecule has 1 nitrogen and oxygen atoms in total. The summed E-state index contributed by atoms with van der Waals surface area (Å²) in [6, 6.07) is 7.65. The minimum absolute atomic E-state index is 0.799. The quantitative estimate of drug-likeness (QED) is 0.661. The van der Waals surface area contributed by atoms with Crippen LogP contribution in [0.1, 0.15) is 5.56 Å². The normalized spacial score (nSPS) is 10.5. The van der Waals surface area contributed by atoms with Crippen LogP contribution < -0.4 is 4.90 Å². The molecule has 1 aromatic carbocycles. The van der Waals surface area contributed by atoms with Crippen molar-refractivity contribution in [2.24, 2.45) is 0 Å². The number of rotatable bonds is 1. The zero-order valence-corrected chi connectivity index (χ0v) is 9.35. The molecule has 1 rings (SSSR count). The average Bonchev–Trinajstić information content (AvgIpc) is 2.18. The van der Waals surface area contributed by atoms with Crippen molar-refractivity contribution in [3.63, 3.8) is 0 Å². The highest BCUT2D eigenvalue weighted by Gasteiger charge is 1.92. The van der Waals surface area contributed by atoms with E-state index in [9.17, 15) is 4.39 Å². The van der Waals surface area contributed by atoms with Gasteiger partial charge in [0.1, 0.15) is 0 Å². The van der Waals surface area contributed by atoms with E-state index >= 15 is 0 Å². The van der Waals surface area contributed by atoms with E-state index in [1.54, 1.807) is 0 Å². The second-order valence-corrected chi connectivity index (χ2v) is 3.51. The van der Waals surface area contributed by atoms with Gasteiger partial charge >= 0.3 is 0 Å². The fourth-order valence-electron chi connectivity index (χ4n) is 1.02.